The minimum Gasteiger partial charge on any atom is -0.394 e. The van der Waals surface area contributed by atoms with Crippen molar-refractivity contribution in [3.63, 3.8) is 0 Å². The van der Waals surface area contributed by atoms with Gasteiger partial charge in [0, 0.05) is 17.6 Å². The predicted octanol–water partition coefficient (Wildman–Crippen LogP) is 2.88. The Morgan fingerprint density at radius 1 is 1.11 bits per heavy atom. The Morgan fingerprint density at radius 2 is 1.63 bits per heavy atom. The Kier molecular flexibility index (Phi) is 7.56. The molecule has 0 rings (SSSR count). The number of rotatable bonds is 8. The summed E-state index contributed by atoms with van der Waals surface area (Å²) in [5, 5.41) is 13.0. The molecule has 0 aromatic rings. The third-order valence-electron chi connectivity index (χ3n) is 4.14. The van der Waals surface area contributed by atoms with Crippen LogP contribution in [0.4, 0.5) is 0 Å². The predicted molar refractivity (Wildman–Crippen MR) is 84.5 cm³/mol. The van der Waals surface area contributed by atoms with E-state index in [2.05, 4.69) is 65.7 Å². The van der Waals surface area contributed by atoms with Crippen LogP contribution >= 0.6 is 0 Å². The zero-order valence-electron chi connectivity index (χ0n) is 14.4. The molecular formula is C16H36N2O. The summed E-state index contributed by atoms with van der Waals surface area (Å²) in [6.45, 7) is 16.8. The van der Waals surface area contributed by atoms with E-state index in [-0.39, 0.29) is 12.1 Å². The first-order valence-corrected chi connectivity index (χ1v) is 7.60. The van der Waals surface area contributed by atoms with Crippen molar-refractivity contribution in [3.05, 3.63) is 0 Å². The second kappa shape index (κ2) is 7.61. The van der Waals surface area contributed by atoms with E-state index in [0.29, 0.717) is 17.5 Å². The molecule has 0 aliphatic rings. The number of hydrogen-bond acceptors (Lipinski definition) is 3. The van der Waals surface area contributed by atoms with Gasteiger partial charge in [-0.15, -0.1) is 0 Å². The normalized spacial score (nSPS) is 17.8. The van der Waals surface area contributed by atoms with Crippen LogP contribution in [-0.4, -0.2) is 47.8 Å². The molecule has 0 aromatic carbocycles. The molecular weight excluding hydrogens is 236 g/mol. The van der Waals surface area contributed by atoms with Crippen LogP contribution in [0.2, 0.25) is 0 Å². The van der Waals surface area contributed by atoms with Gasteiger partial charge in [0.05, 0.1) is 6.61 Å². The molecule has 3 heteroatoms. The summed E-state index contributed by atoms with van der Waals surface area (Å²) in [6.07, 6.45) is 2.11. The highest BCUT2D eigenvalue weighted by Crippen LogP contribution is 2.23. The first-order valence-electron chi connectivity index (χ1n) is 7.60. The van der Waals surface area contributed by atoms with E-state index >= 15 is 0 Å². The Bertz CT molecular complexity index is 248. The van der Waals surface area contributed by atoms with Gasteiger partial charge >= 0.3 is 0 Å². The lowest BCUT2D eigenvalue weighted by Gasteiger charge is -2.36. The monoisotopic (exact) mass is 272 g/mol. The minimum absolute atomic E-state index is 0.153. The molecule has 19 heavy (non-hydrogen) atoms. The maximum Gasteiger partial charge on any atom is 0.0610 e. The molecule has 0 aromatic heterocycles. The second-order valence-corrected chi connectivity index (χ2v) is 7.64. The standard InChI is InChI=1S/C16H36N2O/c1-13(2)17-16(7,12-19)10-9-11-18(8)14(3)15(4,5)6/h13-14,17,19H,9-12H2,1-8H3. The molecule has 0 aliphatic heterocycles. The van der Waals surface area contributed by atoms with Crippen LogP contribution in [0.5, 0.6) is 0 Å². The molecule has 0 radical (unpaired) electrons. The third kappa shape index (κ3) is 7.28. The molecule has 0 aliphatic carbocycles. The number of hydrogen-bond donors (Lipinski definition) is 2. The zero-order valence-corrected chi connectivity index (χ0v) is 14.4. The van der Waals surface area contributed by atoms with Crippen LogP contribution in [0.3, 0.4) is 0 Å². The Labute approximate surface area is 120 Å². The van der Waals surface area contributed by atoms with Gasteiger partial charge in [-0.1, -0.05) is 34.6 Å². The fourth-order valence-electron chi connectivity index (χ4n) is 2.47. The summed E-state index contributed by atoms with van der Waals surface area (Å²) >= 11 is 0. The Morgan fingerprint density at radius 3 is 2.00 bits per heavy atom. The van der Waals surface area contributed by atoms with Crippen molar-refractivity contribution in [2.75, 3.05) is 20.2 Å². The molecule has 2 N–H and O–H groups in total. The van der Waals surface area contributed by atoms with E-state index in [9.17, 15) is 5.11 Å². The van der Waals surface area contributed by atoms with Crippen LogP contribution in [0.1, 0.15) is 61.3 Å². The quantitative estimate of drug-likeness (QED) is 0.713. The average Bonchev–Trinajstić information content (AvgIpc) is 2.25. The summed E-state index contributed by atoms with van der Waals surface area (Å²) < 4.78 is 0. The molecule has 0 fully saturated rings. The molecule has 0 heterocycles. The van der Waals surface area contributed by atoms with Crippen LogP contribution in [0, 0.1) is 5.41 Å². The Balaban J connectivity index is 4.20. The summed E-state index contributed by atoms with van der Waals surface area (Å²) in [7, 11) is 2.20. The summed E-state index contributed by atoms with van der Waals surface area (Å²) in [4.78, 5) is 2.42. The van der Waals surface area contributed by atoms with Crippen LogP contribution in [-0.2, 0) is 0 Å². The fraction of sp³-hybridized carbons (Fsp3) is 1.00. The number of nitrogens with one attached hydrogen (secondary N) is 1. The molecule has 0 saturated heterocycles. The van der Waals surface area contributed by atoms with Crippen molar-refractivity contribution in [2.24, 2.45) is 5.41 Å². The first-order chi connectivity index (χ1) is 8.52. The number of aliphatic hydroxyl groups is 1. The van der Waals surface area contributed by atoms with Gasteiger partial charge in [-0.05, 0) is 45.7 Å². The van der Waals surface area contributed by atoms with Crippen LogP contribution in [0.15, 0.2) is 0 Å². The highest BCUT2D eigenvalue weighted by molar-refractivity contribution is 4.85. The van der Waals surface area contributed by atoms with Crippen molar-refractivity contribution in [3.8, 4) is 0 Å². The van der Waals surface area contributed by atoms with Gasteiger partial charge in [0.25, 0.3) is 0 Å². The van der Waals surface area contributed by atoms with Crippen LogP contribution in [0.25, 0.3) is 0 Å². The van der Waals surface area contributed by atoms with Gasteiger partial charge < -0.3 is 15.3 Å². The average molecular weight is 272 g/mol. The highest BCUT2D eigenvalue weighted by Gasteiger charge is 2.26. The molecule has 2 unspecified atom stereocenters. The lowest BCUT2D eigenvalue weighted by molar-refractivity contribution is 0.122. The summed E-state index contributed by atoms with van der Waals surface area (Å²) in [5.41, 5.74) is 0.158. The number of nitrogens with zero attached hydrogens (tertiary/aromatic N) is 1. The van der Waals surface area contributed by atoms with Gasteiger partial charge in [0.1, 0.15) is 0 Å². The van der Waals surface area contributed by atoms with Gasteiger partial charge in [0.2, 0.25) is 0 Å². The lowest BCUT2D eigenvalue weighted by atomic mass is 9.87. The Hall–Kier alpha value is -0.120. The van der Waals surface area contributed by atoms with E-state index in [1.165, 1.54) is 0 Å². The van der Waals surface area contributed by atoms with E-state index in [1.54, 1.807) is 0 Å². The largest absolute Gasteiger partial charge is 0.394 e. The first kappa shape index (κ1) is 18.9. The van der Waals surface area contributed by atoms with E-state index in [1.807, 2.05) is 0 Å². The molecule has 116 valence electrons. The maximum absolute atomic E-state index is 9.56. The smallest absolute Gasteiger partial charge is 0.0610 e. The van der Waals surface area contributed by atoms with Crippen LogP contribution < -0.4 is 5.32 Å². The van der Waals surface area contributed by atoms with E-state index in [4.69, 9.17) is 0 Å². The molecule has 3 nitrogen and oxygen atoms in total. The fourth-order valence-corrected chi connectivity index (χ4v) is 2.47. The van der Waals surface area contributed by atoms with E-state index < -0.39 is 0 Å². The molecule has 2 atom stereocenters. The van der Waals surface area contributed by atoms with Gasteiger partial charge in [-0.25, -0.2) is 0 Å². The second-order valence-electron chi connectivity index (χ2n) is 7.64. The minimum atomic E-state index is -0.153. The van der Waals surface area contributed by atoms with E-state index in [0.717, 1.165) is 19.4 Å². The molecule has 0 saturated carbocycles. The van der Waals surface area contributed by atoms with Gasteiger partial charge in [-0.2, -0.15) is 0 Å². The molecule has 0 spiro atoms. The van der Waals surface area contributed by atoms with Crippen molar-refractivity contribution < 1.29 is 5.11 Å². The topological polar surface area (TPSA) is 35.5 Å². The number of aliphatic hydroxyl groups excluding tert-OH is 1. The van der Waals surface area contributed by atoms with Crippen molar-refractivity contribution >= 4 is 0 Å². The highest BCUT2D eigenvalue weighted by atomic mass is 16.3. The summed E-state index contributed by atoms with van der Waals surface area (Å²) in [5.74, 6) is 0. The zero-order chi connectivity index (χ0) is 15.3. The lowest BCUT2D eigenvalue weighted by Crippen LogP contribution is -2.49. The van der Waals surface area contributed by atoms with Gasteiger partial charge in [-0.3, -0.25) is 0 Å². The molecule has 0 bridgehead atoms. The third-order valence-corrected chi connectivity index (χ3v) is 4.14. The maximum atomic E-state index is 9.56. The van der Waals surface area contributed by atoms with Crippen molar-refractivity contribution in [1.29, 1.82) is 0 Å². The summed E-state index contributed by atoms with van der Waals surface area (Å²) in [6, 6.07) is 0.967. The SMILES string of the molecule is CC(C)NC(C)(CO)CCCN(C)C(C)C(C)(C)C. The van der Waals surface area contributed by atoms with Crippen molar-refractivity contribution in [1.82, 2.24) is 10.2 Å². The van der Waals surface area contributed by atoms with Crippen molar-refractivity contribution in [2.45, 2.75) is 78.9 Å². The van der Waals surface area contributed by atoms with Gasteiger partial charge in [0.15, 0.2) is 0 Å². The molecule has 0 amide bonds.